The number of benzene rings is 2. The third-order valence-corrected chi connectivity index (χ3v) is 7.11. The SMILES string of the molecule is C=C(N=C(/C=C\N)c1cccnc1)N(CCl)c1cc(NC(=O)c2ccc(CN3CCN(C)CC3)cc2)ccc1C. The number of aryl methyl sites for hydroxylation is 1. The van der Waals surface area contributed by atoms with Crippen molar-refractivity contribution in [2.75, 3.05) is 49.4 Å². The van der Waals surface area contributed by atoms with E-state index in [0.29, 0.717) is 22.8 Å². The van der Waals surface area contributed by atoms with E-state index in [4.69, 9.17) is 17.3 Å². The Labute approximate surface area is 241 Å². The lowest BCUT2D eigenvalue weighted by Crippen LogP contribution is -2.43. The number of rotatable bonds is 10. The van der Waals surface area contributed by atoms with Gasteiger partial charge >= 0.3 is 0 Å². The third-order valence-electron chi connectivity index (χ3n) is 6.87. The lowest BCUT2D eigenvalue weighted by atomic mass is 10.1. The molecule has 3 aromatic rings. The van der Waals surface area contributed by atoms with Crippen molar-refractivity contribution in [3.05, 3.63) is 114 Å². The van der Waals surface area contributed by atoms with E-state index in [1.165, 1.54) is 11.8 Å². The molecule has 0 bridgehead atoms. The van der Waals surface area contributed by atoms with Crippen molar-refractivity contribution in [2.24, 2.45) is 10.7 Å². The van der Waals surface area contributed by atoms with Crippen LogP contribution in [0.2, 0.25) is 0 Å². The predicted octanol–water partition coefficient (Wildman–Crippen LogP) is 4.83. The lowest BCUT2D eigenvalue weighted by Gasteiger charge is -2.32. The average molecular weight is 558 g/mol. The van der Waals surface area contributed by atoms with Crippen LogP contribution in [-0.4, -0.2) is 65.6 Å². The molecule has 1 aromatic heterocycles. The second-order valence-electron chi connectivity index (χ2n) is 9.79. The smallest absolute Gasteiger partial charge is 0.255 e. The van der Waals surface area contributed by atoms with E-state index in [1.54, 1.807) is 23.4 Å². The Morgan fingerprint density at radius 3 is 2.55 bits per heavy atom. The molecule has 0 spiro atoms. The highest BCUT2D eigenvalue weighted by Gasteiger charge is 2.16. The fourth-order valence-electron chi connectivity index (χ4n) is 4.48. The topological polar surface area (TPSA) is 90.1 Å². The van der Waals surface area contributed by atoms with Crippen LogP contribution in [0, 0.1) is 6.92 Å². The number of nitrogens with two attached hydrogens (primary N) is 1. The Morgan fingerprint density at radius 1 is 1.15 bits per heavy atom. The van der Waals surface area contributed by atoms with Gasteiger partial charge < -0.3 is 20.9 Å². The fourth-order valence-corrected chi connectivity index (χ4v) is 4.75. The summed E-state index contributed by atoms with van der Waals surface area (Å²) >= 11 is 6.37. The molecular formula is C31H36ClN7O. The van der Waals surface area contributed by atoms with E-state index >= 15 is 0 Å². The summed E-state index contributed by atoms with van der Waals surface area (Å²) in [5.74, 6) is 0.247. The summed E-state index contributed by atoms with van der Waals surface area (Å²) < 4.78 is 0. The summed E-state index contributed by atoms with van der Waals surface area (Å²) in [6, 6.07) is 17.3. The second kappa shape index (κ2) is 13.9. The number of nitrogens with zero attached hydrogens (tertiary/aromatic N) is 5. The highest BCUT2D eigenvalue weighted by atomic mass is 35.5. The van der Waals surface area contributed by atoms with Gasteiger partial charge in [0.15, 0.2) is 0 Å². The Bertz CT molecular complexity index is 1360. The van der Waals surface area contributed by atoms with Gasteiger partial charge in [-0.25, -0.2) is 4.99 Å². The molecule has 0 aliphatic carbocycles. The first-order valence-electron chi connectivity index (χ1n) is 13.2. The Hall–Kier alpha value is -3.98. The number of halogens is 1. The standard InChI is InChI=1S/C31H36ClN7O/c1-23-6-11-28(36-31(40)26-9-7-25(8-10-26)21-38-17-15-37(3)16-18-38)19-30(23)39(22-32)24(2)35-29(12-13-33)27-5-4-14-34-20-27/h4-14,19-20H,2,15-18,21-22,33H2,1,3H3,(H,36,40)/b13-12-,35-29?. The summed E-state index contributed by atoms with van der Waals surface area (Å²) in [6.45, 7) is 11.3. The molecular weight excluding hydrogens is 522 g/mol. The number of carbonyl (C=O) groups is 1. The van der Waals surface area contributed by atoms with Crippen LogP contribution in [0.4, 0.5) is 11.4 Å². The van der Waals surface area contributed by atoms with Crippen LogP contribution in [0.1, 0.15) is 27.0 Å². The average Bonchev–Trinajstić information content (AvgIpc) is 2.97. The minimum Gasteiger partial charge on any atom is -0.405 e. The molecule has 0 unspecified atom stereocenters. The van der Waals surface area contributed by atoms with E-state index in [1.807, 2.05) is 61.5 Å². The molecule has 208 valence electrons. The highest BCUT2D eigenvalue weighted by Crippen LogP contribution is 2.28. The van der Waals surface area contributed by atoms with E-state index in [9.17, 15) is 4.79 Å². The Morgan fingerprint density at radius 2 is 1.90 bits per heavy atom. The van der Waals surface area contributed by atoms with Gasteiger partial charge in [-0.2, -0.15) is 0 Å². The monoisotopic (exact) mass is 557 g/mol. The number of nitrogens with one attached hydrogen (secondary N) is 1. The van der Waals surface area contributed by atoms with Gasteiger partial charge in [0.2, 0.25) is 0 Å². The minimum atomic E-state index is -0.179. The van der Waals surface area contributed by atoms with Gasteiger partial charge in [-0.3, -0.25) is 14.7 Å². The number of allylic oxidation sites excluding steroid dienone is 1. The number of hydrogen-bond donors (Lipinski definition) is 2. The summed E-state index contributed by atoms with van der Waals surface area (Å²) in [5.41, 5.74) is 11.3. The molecule has 0 radical (unpaired) electrons. The van der Waals surface area contributed by atoms with Crippen molar-refractivity contribution < 1.29 is 4.79 Å². The first kappa shape index (κ1) is 29.0. The third kappa shape index (κ3) is 7.57. The molecule has 1 saturated heterocycles. The maximum atomic E-state index is 13.1. The van der Waals surface area contributed by atoms with Crippen molar-refractivity contribution in [3.63, 3.8) is 0 Å². The molecule has 1 amide bonds. The van der Waals surface area contributed by atoms with E-state index in [0.717, 1.165) is 49.5 Å². The quantitative estimate of drug-likeness (QED) is 0.211. The van der Waals surface area contributed by atoms with Crippen LogP contribution in [0.3, 0.4) is 0 Å². The molecule has 2 aromatic carbocycles. The van der Waals surface area contributed by atoms with Gasteiger partial charge in [0.05, 0.1) is 11.7 Å². The number of alkyl halides is 1. The highest BCUT2D eigenvalue weighted by molar-refractivity contribution is 6.19. The summed E-state index contributed by atoms with van der Waals surface area (Å²) in [6.07, 6.45) is 6.51. The number of aliphatic imine (C=N–C) groups is 1. The Kier molecular flexibility index (Phi) is 10.1. The maximum Gasteiger partial charge on any atom is 0.255 e. The summed E-state index contributed by atoms with van der Waals surface area (Å²) in [5, 5.41) is 3.01. The number of aromatic nitrogens is 1. The van der Waals surface area contributed by atoms with Crippen molar-refractivity contribution in [1.29, 1.82) is 0 Å². The van der Waals surface area contributed by atoms with Crippen LogP contribution in [0.25, 0.3) is 0 Å². The van der Waals surface area contributed by atoms with Crippen molar-refractivity contribution in [1.82, 2.24) is 14.8 Å². The van der Waals surface area contributed by atoms with Crippen molar-refractivity contribution in [2.45, 2.75) is 13.5 Å². The van der Waals surface area contributed by atoms with Crippen LogP contribution >= 0.6 is 11.6 Å². The predicted molar refractivity (Wildman–Crippen MR) is 165 cm³/mol. The molecule has 1 fully saturated rings. The van der Waals surface area contributed by atoms with Crippen LogP contribution in [0.5, 0.6) is 0 Å². The Balaban J connectivity index is 1.47. The zero-order valence-corrected chi connectivity index (χ0v) is 23.8. The van der Waals surface area contributed by atoms with Gasteiger partial charge in [-0.15, -0.1) is 11.6 Å². The number of pyridine rings is 1. The fraction of sp³-hybridized carbons (Fsp3) is 0.258. The molecule has 8 nitrogen and oxygen atoms in total. The maximum absolute atomic E-state index is 13.1. The normalized spacial score (nSPS) is 14.8. The van der Waals surface area contributed by atoms with Gasteiger partial charge in [0, 0.05) is 67.6 Å². The second-order valence-corrected chi connectivity index (χ2v) is 10.0. The minimum absolute atomic E-state index is 0.113. The van der Waals surface area contributed by atoms with Crippen LogP contribution in [-0.2, 0) is 6.54 Å². The zero-order chi connectivity index (χ0) is 28.5. The van der Waals surface area contributed by atoms with Crippen molar-refractivity contribution in [3.8, 4) is 0 Å². The van der Waals surface area contributed by atoms with Crippen LogP contribution in [0.15, 0.2) is 96.7 Å². The van der Waals surface area contributed by atoms with Gasteiger partial charge in [0.25, 0.3) is 5.91 Å². The summed E-state index contributed by atoms with van der Waals surface area (Å²) in [7, 11) is 2.15. The molecule has 0 saturated carbocycles. The van der Waals surface area contributed by atoms with Crippen LogP contribution < -0.4 is 16.0 Å². The number of anilines is 2. The lowest BCUT2D eigenvalue weighted by molar-refractivity contribution is 0.102. The van der Waals surface area contributed by atoms with Gasteiger partial charge in [-0.1, -0.05) is 24.8 Å². The summed E-state index contributed by atoms with van der Waals surface area (Å²) in [4.78, 5) is 28.5. The first-order valence-corrected chi connectivity index (χ1v) is 13.7. The molecule has 2 heterocycles. The molecule has 1 aliphatic rings. The number of amides is 1. The largest absolute Gasteiger partial charge is 0.405 e. The molecule has 0 atom stereocenters. The van der Waals surface area contributed by atoms with E-state index < -0.39 is 0 Å². The molecule has 4 rings (SSSR count). The van der Waals surface area contributed by atoms with E-state index in [2.05, 4.69) is 38.7 Å². The first-order chi connectivity index (χ1) is 19.4. The number of likely N-dealkylation sites (N-methyl/N-ethyl adjacent to an activating group) is 1. The molecule has 3 N–H and O–H groups in total. The van der Waals surface area contributed by atoms with Gasteiger partial charge in [-0.05, 0) is 73.8 Å². The number of carbonyl (C=O) groups excluding carboxylic acids is 1. The molecule has 1 aliphatic heterocycles. The molecule has 40 heavy (non-hydrogen) atoms. The van der Waals surface area contributed by atoms with Gasteiger partial charge in [0.1, 0.15) is 5.82 Å². The molecule has 9 heteroatoms. The van der Waals surface area contributed by atoms with Crippen molar-refractivity contribution >= 4 is 34.6 Å². The number of piperazine rings is 1. The zero-order valence-electron chi connectivity index (χ0n) is 23.1. The van der Waals surface area contributed by atoms with E-state index in [-0.39, 0.29) is 11.9 Å². The number of hydrogen-bond acceptors (Lipinski definition) is 7.